The SMILES string of the molecule is CCCC(=O)OCOC(=O)C(N)C(C)C. The highest BCUT2D eigenvalue weighted by atomic mass is 16.7. The van der Waals surface area contributed by atoms with Crippen molar-refractivity contribution in [2.24, 2.45) is 11.7 Å². The summed E-state index contributed by atoms with van der Waals surface area (Å²) in [5.74, 6) is -0.915. The Morgan fingerprint density at radius 1 is 1.27 bits per heavy atom. The molecule has 15 heavy (non-hydrogen) atoms. The van der Waals surface area contributed by atoms with Crippen LogP contribution in [0.5, 0.6) is 0 Å². The van der Waals surface area contributed by atoms with Gasteiger partial charge in [0.1, 0.15) is 6.04 Å². The molecule has 88 valence electrons. The molecule has 5 nitrogen and oxygen atoms in total. The second kappa shape index (κ2) is 7.23. The molecule has 0 aromatic carbocycles. The van der Waals surface area contributed by atoms with Crippen molar-refractivity contribution in [1.82, 2.24) is 0 Å². The Kier molecular flexibility index (Phi) is 6.70. The van der Waals surface area contributed by atoms with Crippen LogP contribution in [0.15, 0.2) is 0 Å². The largest absolute Gasteiger partial charge is 0.428 e. The molecule has 0 saturated carbocycles. The number of nitrogens with two attached hydrogens (primary N) is 1. The number of carbonyl (C=O) groups excluding carboxylic acids is 2. The maximum atomic E-state index is 11.2. The van der Waals surface area contributed by atoms with Gasteiger partial charge in [0.25, 0.3) is 0 Å². The van der Waals surface area contributed by atoms with E-state index in [9.17, 15) is 9.59 Å². The zero-order chi connectivity index (χ0) is 11.8. The lowest BCUT2D eigenvalue weighted by Gasteiger charge is -2.14. The quantitative estimate of drug-likeness (QED) is 0.526. The Bertz CT molecular complexity index is 215. The summed E-state index contributed by atoms with van der Waals surface area (Å²) in [7, 11) is 0. The lowest BCUT2D eigenvalue weighted by molar-refractivity contribution is -0.168. The standard InChI is InChI=1S/C10H19NO4/c1-4-5-8(12)14-6-15-10(13)9(11)7(2)3/h7,9H,4-6,11H2,1-3H3. The fourth-order valence-electron chi connectivity index (χ4n) is 0.798. The van der Waals surface area contributed by atoms with Gasteiger partial charge in [0.2, 0.25) is 6.79 Å². The van der Waals surface area contributed by atoms with E-state index < -0.39 is 12.0 Å². The number of hydrogen-bond acceptors (Lipinski definition) is 5. The second-order valence-electron chi connectivity index (χ2n) is 3.62. The van der Waals surface area contributed by atoms with Gasteiger partial charge in [-0.15, -0.1) is 0 Å². The van der Waals surface area contributed by atoms with Crippen molar-refractivity contribution in [1.29, 1.82) is 0 Å². The maximum Gasteiger partial charge on any atom is 0.326 e. The zero-order valence-corrected chi connectivity index (χ0v) is 9.49. The normalized spacial score (nSPS) is 12.3. The number of esters is 2. The average Bonchev–Trinajstić information content (AvgIpc) is 2.16. The van der Waals surface area contributed by atoms with E-state index in [0.717, 1.165) is 0 Å². The molecule has 0 aromatic heterocycles. The molecule has 5 heteroatoms. The average molecular weight is 217 g/mol. The van der Waals surface area contributed by atoms with Crippen LogP contribution in [0.2, 0.25) is 0 Å². The third-order valence-corrected chi connectivity index (χ3v) is 1.87. The highest BCUT2D eigenvalue weighted by Crippen LogP contribution is 2.00. The van der Waals surface area contributed by atoms with Gasteiger partial charge in [-0.3, -0.25) is 9.59 Å². The topological polar surface area (TPSA) is 78.6 Å². The van der Waals surface area contributed by atoms with Crippen LogP contribution in [-0.2, 0) is 19.1 Å². The first-order valence-corrected chi connectivity index (χ1v) is 5.06. The molecular weight excluding hydrogens is 198 g/mol. The summed E-state index contributed by atoms with van der Waals surface area (Å²) in [5.41, 5.74) is 5.52. The third-order valence-electron chi connectivity index (χ3n) is 1.87. The maximum absolute atomic E-state index is 11.2. The Morgan fingerprint density at radius 3 is 2.33 bits per heavy atom. The van der Waals surface area contributed by atoms with E-state index in [1.807, 2.05) is 20.8 Å². The zero-order valence-electron chi connectivity index (χ0n) is 9.49. The molecule has 0 heterocycles. The smallest absolute Gasteiger partial charge is 0.326 e. The molecule has 1 unspecified atom stereocenters. The van der Waals surface area contributed by atoms with E-state index in [2.05, 4.69) is 9.47 Å². The predicted molar refractivity (Wildman–Crippen MR) is 54.8 cm³/mol. The van der Waals surface area contributed by atoms with Crippen molar-refractivity contribution in [2.45, 2.75) is 39.7 Å². The monoisotopic (exact) mass is 217 g/mol. The van der Waals surface area contributed by atoms with E-state index in [4.69, 9.17) is 5.73 Å². The second-order valence-corrected chi connectivity index (χ2v) is 3.62. The van der Waals surface area contributed by atoms with Gasteiger partial charge in [0.05, 0.1) is 0 Å². The van der Waals surface area contributed by atoms with Crippen LogP contribution in [0.3, 0.4) is 0 Å². The molecule has 0 bridgehead atoms. The first kappa shape index (κ1) is 13.9. The van der Waals surface area contributed by atoms with Gasteiger partial charge < -0.3 is 15.2 Å². The highest BCUT2D eigenvalue weighted by molar-refractivity contribution is 5.76. The van der Waals surface area contributed by atoms with Crippen LogP contribution >= 0.6 is 0 Å². The fourth-order valence-corrected chi connectivity index (χ4v) is 0.798. The Morgan fingerprint density at radius 2 is 1.87 bits per heavy atom. The molecule has 0 spiro atoms. The molecule has 0 radical (unpaired) electrons. The van der Waals surface area contributed by atoms with Crippen molar-refractivity contribution in [2.75, 3.05) is 6.79 Å². The minimum atomic E-state index is -0.671. The van der Waals surface area contributed by atoms with Crippen LogP contribution < -0.4 is 5.73 Å². The van der Waals surface area contributed by atoms with Crippen molar-refractivity contribution in [3.8, 4) is 0 Å². The van der Waals surface area contributed by atoms with Crippen LogP contribution in [0.4, 0.5) is 0 Å². The van der Waals surface area contributed by atoms with E-state index >= 15 is 0 Å². The fraction of sp³-hybridized carbons (Fsp3) is 0.800. The number of carbonyl (C=O) groups is 2. The molecule has 0 aliphatic heterocycles. The lowest BCUT2D eigenvalue weighted by atomic mass is 10.1. The summed E-state index contributed by atoms with van der Waals surface area (Å²) in [6, 6.07) is -0.671. The van der Waals surface area contributed by atoms with Crippen molar-refractivity contribution in [3.63, 3.8) is 0 Å². The van der Waals surface area contributed by atoms with E-state index in [1.54, 1.807) is 0 Å². The number of rotatable bonds is 6. The molecule has 0 fully saturated rings. The van der Waals surface area contributed by atoms with Crippen molar-refractivity contribution < 1.29 is 19.1 Å². The highest BCUT2D eigenvalue weighted by Gasteiger charge is 2.18. The van der Waals surface area contributed by atoms with Gasteiger partial charge >= 0.3 is 11.9 Å². The molecule has 2 N–H and O–H groups in total. The van der Waals surface area contributed by atoms with Gasteiger partial charge in [-0.2, -0.15) is 0 Å². The Balaban J connectivity index is 3.68. The van der Waals surface area contributed by atoms with Crippen LogP contribution in [0.1, 0.15) is 33.6 Å². The van der Waals surface area contributed by atoms with E-state index in [0.29, 0.717) is 12.8 Å². The first-order chi connectivity index (χ1) is 6.99. The van der Waals surface area contributed by atoms with Gasteiger partial charge in [-0.1, -0.05) is 20.8 Å². The molecule has 0 saturated heterocycles. The molecule has 0 amide bonds. The molecule has 0 rings (SSSR count). The molecule has 1 atom stereocenters. The van der Waals surface area contributed by atoms with Gasteiger partial charge in [-0.25, -0.2) is 0 Å². The van der Waals surface area contributed by atoms with Crippen LogP contribution in [0.25, 0.3) is 0 Å². The minimum Gasteiger partial charge on any atom is -0.428 e. The Hall–Kier alpha value is -1.10. The van der Waals surface area contributed by atoms with E-state index in [-0.39, 0.29) is 18.7 Å². The van der Waals surface area contributed by atoms with Crippen molar-refractivity contribution >= 4 is 11.9 Å². The molecular formula is C10H19NO4. The first-order valence-electron chi connectivity index (χ1n) is 5.06. The molecule has 0 aliphatic carbocycles. The van der Waals surface area contributed by atoms with Crippen LogP contribution in [-0.4, -0.2) is 24.8 Å². The molecule has 0 aliphatic rings. The Labute approximate surface area is 89.9 Å². The predicted octanol–water partition coefficient (Wildman–Crippen LogP) is 0.814. The number of ether oxygens (including phenoxy) is 2. The molecule has 0 aromatic rings. The van der Waals surface area contributed by atoms with E-state index in [1.165, 1.54) is 0 Å². The number of hydrogen-bond donors (Lipinski definition) is 1. The summed E-state index contributed by atoms with van der Waals surface area (Å²) in [5, 5.41) is 0. The minimum absolute atomic E-state index is 0.00356. The summed E-state index contributed by atoms with van der Waals surface area (Å²) in [6.07, 6.45) is 1.03. The summed E-state index contributed by atoms with van der Waals surface area (Å²) in [4.78, 5) is 22.1. The lowest BCUT2D eigenvalue weighted by Crippen LogP contribution is -2.37. The third kappa shape index (κ3) is 6.06. The van der Waals surface area contributed by atoms with Crippen molar-refractivity contribution in [3.05, 3.63) is 0 Å². The van der Waals surface area contributed by atoms with Gasteiger partial charge in [0.15, 0.2) is 0 Å². The van der Waals surface area contributed by atoms with Gasteiger partial charge in [0, 0.05) is 6.42 Å². The summed E-state index contributed by atoms with van der Waals surface area (Å²) >= 11 is 0. The summed E-state index contributed by atoms with van der Waals surface area (Å²) in [6.45, 7) is 5.14. The van der Waals surface area contributed by atoms with Gasteiger partial charge in [-0.05, 0) is 12.3 Å². The van der Waals surface area contributed by atoms with Crippen LogP contribution in [0, 0.1) is 5.92 Å². The summed E-state index contributed by atoms with van der Waals surface area (Å²) < 4.78 is 9.32.